The fourth-order valence-electron chi connectivity index (χ4n) is 0.755. The van der Waals surface area contributed by atoms with Crippen LogP contribution in [0.3, 0.4) is 0 Å². The number of halogens is 8. The van der Waals surface area contributed by atoms with Gasteiger partial charge in [0.2, 0.25) is 0 Å². The molecule has 0 saturated heterocycles. The quantitative estimate of drug-likeness (QED) is 0.544. The summed E-state index contributed by atoms with van der Waals surface area (Å²) in [5.41, 5.74) is -5.10. The van der Waals surface area contributed by atoms with Gasteiger partial charge in [0, 0.05) is 11.8 Å². The van der Waals surface area contributed by atoms with Crippen molar-refractivity contribution in [3.05, 3.63) is 0 Å². The van der Waals surface area contributed by atoms with Gasteiger partial charge in [-0.2, -0.15) is 26.3 Å². The summed E-state index contributed by atoms with van der Waals surface area (Å²) in [5.74, 6) is 0. The smallest absolute Gasteiger partial charge is 0.224 e. The van der Waals surface area contributed by atoms with E-state index in [1.54, 1.807) is 0 Å². The van der Waals surface area contributed by atoms with Crippen LogP contribution in [0.25, 0.3) is 0 Å². The van der Waals surface area contributed by atoms with Crippen molar-refractivity contribution in [3.8, 4) is 0 Å². The lowest BCUT2D eigenvalue weighted by Gasteiger charge is -2.29. The molecular weight excluding hydrogens is 285 g/mol. The highest BCUT2D eigenvalue weighted by Crippen LogP contribution is 2.48. The Bertz CT molecular complexity index is 168. The summed E-state index contributed by atoms with van der Waals surface area (Å²) in [4.78, 5) is 0. The highest BCUT2D eigenvalue weighted by atomic mass is 79.9. The van der Waals surface area contributed by atoms with Crippen molar-refractivity contribution in [1.29, 1.82) is 0 Å². The van der Waals surface area contributed by atoms with Gasteiger partial charge in [-0.15, -0.1) is 0 Å². The van der Waals surface area contributed by atoms with Crippen LogP contribution < -0.4 is 0 Å². The second kappa shape index (κ2) is 4.24. The van der Waals surface area contributed by atoms with Crippen molar-refractivity contribution in [2.45, 2.75) is 30.9 Å². The van der Waals surface area contributed by atoms with E-state index in [2.05, 4.69) is 15.9 Å². The van der Waals surface area contributed by atoms with Gasteiger partial charge in [-0.3, -0.25) is 0 Å². The first-order valence-corrected chi connectivity index (χ1v) is 4.57. The summed E-state index contributed by atoms with van der Waals surface area (Å²) >= 11 is 2.63. The maximum absolute atomic E-state index is 12.7. The number of hydrogen-bond donors (Lipinski definition) is 0. The molecule has 0 heterocycles. The Morgan fingerprint density at radius 3 is 1.36 bits per heavy atom. The maximum atomic E-state index is 12.7. The molecule has 0 N–H and O–H groups in total. The largest absolute Gasteiger partial charge is 0.431 e. The molecule has 0 amide bonds. The van der Waals surface area contributed by atoms with Gasteiger partial charge in [-0.1, -0.05) is 15.9 Å². The minimum Gasteiger partial charge on any atom is -0.224 e. The molecule has 0 aromatic rings. The molecule has 0 aliphatic rings. The van der Waals surface area contributed by atoms with E-state index in [0.717, 1.165) is 0 Å². The van der Waals surface area contributed by atoms with Crippen LogP contribution in [0.4, 0.5) is 30.7 Å². The molecule has 0 aliphatic heterocycles. The highest BCUT2D eigenvalue weighted by molar-refractivity contribution is 9.09. The minimum absolute atomic E-state index is 0.120. The van der Waals surface area contributed by atoms with Crippen LogP contribution in [0.1, 0.15) is 12.8 Å². The van der Waals surface area contributed by atoms with Gasteiger partial charge in [0.15, 0.2) is 0 Å². The molecule has 0 radical (unpaired) electrons. The molecule has 0 aromatic heterocycles. The van der Waals surface area contributed by atoms with E-state index in [4.69, 9.17) is 0 Å². The molecule has 0 saturated carbocycles. The Labute approximate surface area is 83.6 Å². The summed E-state index contributed by atoms with van der Waals surface area (Å²) in [7, 11) is 0. The molecule has 14 heavy (non-hydrogen) atoms. The van der Waals surface area contributed by atoms with Gasteiger partial charge in [0.05, 0.1) is 0 Å². The van der Waals surface area contributed by atoms with Gasteiger partial charge < -0.3 is 0 Å². The van der Waals surface area contributed by atoms with Crippen molar-refractivity contribution >= 4 is 15.9 Å². The van der Waals surface area contributed by atoms with Crippen molar-refractivity contribution in [3.63, 3.8) is 0 Å². The number of hydrogen-bond acceptors (Lipinski definition) is 0. The molecule has 0 atom stereocenters. The normalized spacial score (nSPS) is 14.6. The summed E-state index contributed by atoms with van der Waals surface area (Å²) in [6.45, 7) is 0. The summed E-state index contributed by atoms with van der Waals surface area (Å²) in [5, 5.41) is -0.120. The lowest BCUT2D eigenvalue weighted by atomic mass is 9.99. The lowest BCUT2D eigenvalue weighted by Crippen LogP contribution is -2.53. The second-order valence-corrected chi connectivity index (χ2v) is 3.38. The Morgan fingerprint density at radius 1 is 0.786 bits per heavy atom. The van der Waals surface area contributed by atoms with Crippen LogP contribution in [-0.2, 0) is 0 Å². The third-order valence-electron chi connectivity index (χ3n) is 1.55. The zero-order valence-corrected chi connectivity index (χ0v) is 8.23. The van der Waals surface area contributed by atoms with Gasteiger partial charge in [0.1, 0.15) is 0 Å². The molecule has 0 spiro atoms. The van der Waals surface area contributed by atoms with Crippen molar-refractivity contribution in [1.82, 2.24) is 0 Å². The van der Waals surface area contributed by atoms with E-state index < -0.39 is 30.9 Å². The topological polar surface area (TPSA) is 0 Å². The van der Waals surface area contributed by atoms with Crippen LogP contribution in [0.15, 0.2) is 0 Å². The van der Waals surface area contributed by atoms with Gasteiger partial charge >= 0.3 is 12.4 Å². The van der Waals surface area contributed by atoms with E-state index in [9.17, 15) is 30.7 Å². The standard InChI is InChI=1S/C6H6BrF7/c7-3-1-2-4(8,5(9,10)11)6(12,13)14/h1-3H2. The monoisotopic (exact) mass is 290 g/mol. The maximum Gasteiger partial charge on any atom is 0.431 e. The Morgan fingerprint density at radius 2 is 1.14 bits per heavy atom. The molecule has 0 aromatic carbocycles. The minimum atomic E-state index is -5.92. The third kappa shape index (κ3) is 2.74. The first-order valence-electron chi connectivity index (χ1n) is 3.44. The Balaban J connectivity index is 4.87. The molecule has 0 bridgehead atoms. The molecule has 8 heteroatoms. The predicted octanol–water partition coefficient (Wildman–Crippen LogP) is 3.99. The molecule has 0 unspecified atom stereocenters. The molecule has 86 valence electrons. The fraction of sp³-hybridized carbons (Fsp3) is 1.00. The lowest BCUT2D eigenvalue weighted by molar-refractivity contribution is -0.343. The third-order valence-corrected chi connectivity index (χ3v) is 2.11. The Kier molecular flexibility index (Phi) is 4.24. The SMILES string of the molecule is FC(F)(F)C(F)(CCCBr)C(F)(F)F. The Hall–Kier alpha value is -0.0100. The van der Waals surface area contributed by atoms with Crippen molar-refractivity contribution in [2.75, 3.05) is 5.33 Å². The van der Waals surface area contributed by atoms with Crippen molar-refractivity contribution < 1.29 is 30.7 Å². The van der Waals surface area contributed by atoms with Crippen LogP contribution in [-0.4, -0.2) is 23.4 Å². The molecule has 0 fully saturated rings. The first-order chi connectivity index (χ1) is 6.06. The summed E-state index contributed by atoms with van der Waals surface area (Å²) in [6, 6.07) is 0. The predicted molar refractivity (Wildman–Crippen MR) is 39.0 cm³/mol. The average molecular weight is 291 g/mol. The zero-order chi connectivity index (χ0) is 11.6. The van der Waals surface area contributed by atoms with Gasteiger partial charge in [-0.05, 0) is 6.42 Å². The van der Waals surface area contributed by atoms with E-state index >= 15 is 0 Å². The summed E-state index contributed by atoms with van der Waals surface area (Å²) < 4.78 is 83.6. The highest BCUT2D eigenvalue weighted by Gasteiger charge is 2.71. The van der Waals surface area contributed by atoms with Crippen LogP contribution >= 0.6 is 15.9 Å². The molecule has 0 nitrogen and oxygen atoms in total. The zero-order valence-electron chi connectivity index (χ0n) is 6.65. The molecular formula is C6H6BrF7. The van der Waals surface area contributed by atoms with Crippen LogP contribution in [0.2, 0.25) is 0 Å². The second-order valence-electron chi connectivity index (χ2n) is 2.59. The molecule has 0 aliphatic carbocycles. The van der Waals surface area contributed by atoms with Crippen molar-refractivity contribution in [2.24, 2.45) is 0 Å². The average Bonchev–Trinajstić information content (AvgIpc) is 1.95. The summed E-state index contributed by atoms with van der Waals surface area (Å²) in [6.07, 6.45) is -14.0. The molecule has 0 rings (SSSR count). The van der Waals surface area contributed by atoms with E-state index in [1.807, 2.05) is 0 Å². The van der Waals surface area contributed by atoms with Crippen LogP contribution in [0.5, 0.6) is 0 Å². The fourth-order valence-corrected chi connectivity index (χ4v) is 1.03. The number of alkyl halides is 8. The van der Waals surface area contributed by atoms with E-state index in [-0.39, 0.29) is 5.33 Å². The van der Waals surface area contributed by atoms with Gasteiger partial charge in [0.25, 0.3) is 5.67 Å². The van der Waals surface area contributed by atoms with E-state index in [1.165, 1.54) is 0 Å². The van der Waals surface area contributed by atoms with E-state index in [0.29, 0.717) is 0 Å². The number of rotatable bonds is 3. The van der Waals surface area contributed by atoms with Crippen LogP contribution in [0, 0.1) is 0 Å². The van der Waals surface area contributed by atoms with Gasteiger partial charge in [-0.25, -0.2) is 4.39 Å². The first kappa shape index (κ1) is 14.0.